The molecule has 25 heavy (non-hydrogen) atoms. The van der Waals surface area contributed by atoms with Gasteiger partial charge in [0.15, 0.2) is 0 Å². The predicted molar refractivity (Wildman–Crippen MR) is 84.4 cm³/mol. The Balaban J connectivity index is 0.00000576. The summed E-state index contributed by atoms with van der Waals surface area (Å²) in [6.45, 7) is 0. The van der Waals surface area contributed by atoms with Gasteiger partial charge in [-0.25, -0.2) is 8.42 Å². The van der Waals surface area contributed by atoms with Gasteiger partial charge in [-0.05, 0) is 37.1 Å². The van der Waals surface area contributed by atoms with Crippen molar-refractivity contribution in [3.63, 3.8) is 0 Å². The SMILES string of the molecule is COC(=O)CCCCCCCC(=O)Oc1ccc(S(=O)(=O)[O-])cc1.[Na+]. The van der Waals surface area contributed by atoms with Gasteiger partial charge in [-0.3, -0.25) is 9.59 Å². The fourth-order valence-electron chi connectivity index (χ4n) is 2.03. The first-order chi connectivity index (χ1) is 11.3. The van der Waals surface area contributed by atoms with E-state index in [4.69, 9.17) is 4.74 Å². The molecule has 0 unspecified atom stereocenters. The largest absolute Gasteiger partial charge is 1.00 e. The Kier molecular flexibility index (Phi) is 12.0. The molecule has 0 radical (unpaired) electrons. The van der Waals surface area contributed by atoms with Crippen molar-refractivity contribution in [2.45, 2.75) is 49.8 Å². The molecular weight excluding hydrogens is 359 g/mol. The van der Waals surface area contributed by atoms with Gasteiger partial charge in [0.2, 0.25) is 0 Å². The summed E-state index contributed by atoms with van der Waals surface area (Å²) in [5.41, 5.74) is 0. The van der Waals surface area contributed by atoms with E-state index in [2.05, 4.69) is 4.74 Å². The van der Waals surface area contributed by atoms with Gasteiger partial charge in [0, 0.05) is 12.8 Å². The summed E-state index contributed by atoms with van der Waals surface area (Å²) >= 11 is 0. The molecular formula is C16H21NaO7S. The summed E-state index contributed by atoms with van der Waals surface area (Å²) in [6, 6.07) is 4.75. The number of ether oxygens (including phenoxy) is 2. The van der Waals surface area contributed by atoms with E-state index in [1.807, 2.05) is 0 Å². The van der Waals surface area contributed by atoms with E-state index in [0.717, 1.165) is 37.8 Å². The van der Waals surface area contributed by atoms with Crippen LogP contribution in [0.1, 0.15) is 44.9 Å². The molecule has 0 aliphatic carbocycles. The summed E-state index contributed by atoms with van der Waals surface area (Å²) in [6.07, 6.45) is 4.77. The van der Waals surface area contributed by atoms with Crippen molar-refractivity contribution in [3.8, 4) is 5.75 Å². The Morgan fingerprint density at radius 1 is 0.920 bits per heavy atom. The van der Waals surface area contributed by atoms with E-state index < -0.39 is 16.1 Å². The molecule has 0 saturated heterocycles. The smallest absolute Gasteiger partial charge is 0.744 e. The molecule has 0 aliphatic rings. The Labute approximate surface area is 170 Å². The normalized spacial score (nSPS) is 10.6. The van der Waals surface area contributed by atoms with Gasteiger partial charge in [-0.2, -0.15) is 0 Å². The van der Waals surface area contributed by atoms with Crippen molar-refractivity contribution in [3.05, 3.63) is 24.3 Å². The maximum Gasteiger partial charge on any atom is 1.00 e. The first kappa shape index (κ1) is 24.1. The van der Waals surface area contributed by atoms with Crippen LogP contribution < -0.4 is 34.3 Å². The monoisotopic (exact) mass is 380 g/mol. The van der Waals surface area contributed by atoms with Gasteiger partial charge in [0.05, 0.1) is 12.0 Å². The molecule has 0 spiro atoms. The molecule has 0 atom stereocenters. The van der Waals surface area contributed by atoms with Gasteiger partial charge in [0.1, 0.15) is 15.9 Å². The summed E-state index contributed by atoms with van der Waals surface area (Å²) in [4.78, 5) is 22.2. The minimum Gasteiger partial charge on any atom is -0.744 e. The number of benzene rings is 1. The van der Waals surface area contributed by atoms with Crippen molar-refractivity contribution in [2.24, 2.45) is 0 Å². The Bertz CT molecular complexity index is 641. The molecule has 0 heterocycles. The fourth-order valence-corrected chi connectivity index (χ4v) is 2.50. The average Bonchev–Trinajstić information content (AvgIpc) is 2.53. The molecule has 7 nitrogen and oxygen atoms in total. The maximum absolute atomic E-state index is 11.6. The third-order valence-corrected chi connectivity index (χ3v) is 4.18. The number of methoxy groups -OCH3 is 1. The van der Waals surface area contributed by atoms with Crippen LogP contribution in [0.3, 0.4) is 0 Å². The molecule has 0 N–H and O–H groups in total. The fraction of sp³-hybridized carbons (Fsp3) is 0.500. The Morgan fingerprint density at radius 2 is 1.40 bits per heavy atom. The van der Waals surface area contributed by atoms with Crippen molar-refractivity contribution < 1.29 is 61.6 Å². The van der Waals surface area contributed by atoms with E-state index in [1.165, 1.54) is 19.2 Å². The van der Waals surface area contributed by atoms with E-state index >= 15 is 0 Å². The Morgan fingerprint density at radius 3 is 1.88 bits per heavy atom. The van der Waals surface area contributed by atoms with Gasteiger partial charge in [0.25, 0.3) is 0 Å². The van der Waals surface area contributed by atoms with Gasteiger partial charge >= 0.3 is 41.5 Å². The first-order valence-electron chi connectivity index (χ1n) is 7.66. The zero-order valence-electron chi connectivity index (χ0n) is 14.5. The third-order valence-electron chi connectivity index (χ3n) is 3.33. The van der Waals surface area contributed by atoms with Crippen LogP contribution in [0.25, 0.3) is 0 Å². The van der Waals surface area contributed by atoms with E-state index in [1.54, 1.807) is 0 Å². The van der Waals surface area contributed by atoms with Gasteiger partial charge in [-0.15, -0.1) is 0 Å². The second-order valence-electron chi connectivity index (χ2n) is 5.24. The summed E-state index contributed by atoms with van der Waals surface area (Å²) in [5, 5.41) is 0. The van der Waals surface area contributed by atoms with E-state index in [9.17, 15) is 22.6 Å². The number of carbonyl (C=O) groups excluding carboxylic acids is 2. The van der Waals surface area contributed by atoms with Crippen LogP contribution in [0.2, 0.25) is 0 Å². The van der Waals surface area contributed by atoms with E-state index in [0.29, 0.717) is 12.8 Å². The summed E-state index contributed by atoms with van der Waals surface area (Å²) in [7, 11) is -3.14. The van der Waals surface area contributed by atoms with E-state index in [-0.39, 0.29) is 52.6 Å². The van der Waals surface area contributed by atoms with Gasteiger partial charge in [-0.1, -0.05) is 19.3 Å². The van der Waals surface area contributed by atoms with Crippen LogP contribution in [0.4, 0.5) is 0 Å². The number of esters is 2. The molecule has 1 aromatic rings. The second-order valence-corrected chi connectivity index (χ2v) is 6.62. The van der Waals surface area contributed by atoms with Crippen LogP contribution >= 0.6 is 0 Å². The maximum atomic E-state index is 11.6. The minimum atomic E-state index is -4.50. The van der Waals surface area contributed by atoms with Crippen molar-refractivity contribution >= 4 is 22.1 Å². The molecule has 134 valence electrons. The number of rotatable bonds is 10. The van der Waals surface area contributed by atoms with Crippen LogP contribution in [0, 0.1) is 0 Å². The number of hydrogen-bond acceptors (Lipinski definition) is 7. The summed E-state index contributed by atoms with van der Waals surface area (Å²) in [5.74, 6) is -0.429. The van der Waals surface area contributed by atoms with Gasteiger partial charge < -0.3 is 14.0 Å². The van der Waals surface area contributed by atoms with Crippen LogP contribution in [0.5, 0.6) is 5.75 Å². The van der Waals surface area contributed by atoms with Crippen LogP contribution in [0.15, 0.2) is 29.2 Å². The molecule has 0 bridgehead atoms. The molecule has 0 amide bonds. The summed E-state index contributed by atoms with van der Waals surface area (Å²) < 4.78 is 41.9. The second kappa shape index (κ2) is 12.4. The number of hydrogen-bond donors (Lipinski definition) is 0. The zero-order chi connectivity index (χ0) is 18.0. The first-order valence-corrected chi connectivity index (χ1v) is 9.07. The van der Waals surface area contributed by atoms with Crippen LogP contribution in [-0.4, -0.2) is 32.0 Å². The quantitative estimate of drug-likeness (QED) is 0.175. The number of carbonyl (C=O) groups is 2. The van der Waals surface area contributed by atoms with Crippen molar-refractivity contribution in [1.82, 2.24) is 0 Å². The van der Waals surface area contributed by atoms with Crippen molar-refractivity contribution in [2.75, 3.05) is 7.11 Å². The molecule has 0 fully saturated rings. The molecule has 0 aliphatic heterocycles. The molecule has 9 heteroatoms. The zero-order valence-corrected chi connectivity index (χ0v) is 17.3. The minimum absolute atomic E-state index is 0. The topological polar surface area (TPSA) is 110 Å². The molecule has 0 saturated carbocycles. The predicted octanol–water partition coefficient (Wildman–Crippen LogP) is -0.596. The standard InChI is InChI=1S/C16H22O7S.Na/c1-22-15(17)7-5-3-2-4-6-8-16(18)23-13-9-11-14(12-10-13)24(19,20)21;/h9-12H,2-8H2,1H3,(H,19,20,21);/q;+1/p-1. The molecule has 0 aromatic heterocycles. The average molecular weight is 380 g/mol. The molecule has 1 rings (SSSR count). The Hall–Kier alpha value is -0.930. The third kappa shape index (κ3) is 10.6. The number of unbranched alkanes of at least 4 members (excludes halogenated alkanes) is 4. The van der Waals surface area contributed by atoms with Crippen molar-refractivity contribution in [1.29, 1.82) is 0 Å². The van der Waals surface area contributed by atoms with Crippen LogP contribution in [-0.2, 0) is 24.4 Å². The molecule has 1 aromatic carbocycles.